The fourth-order valence-electron chi connectivity index (χ4n) is 2.76. The van der Waals surface area contributed by atoms with Gasteiger partial charge in [0, 0.05) is 24.2 Å². The molecule has 0 radical (unpaired) electrons. The SMILES string of the molecule is c1ccc(CCc2nc(C3CCCCC3)n[nH]2)nc1. The summed E-state index contributed by atoms with van der Waals surface area (Å²) < 4.78 is 0. The first-order chi connectivity index (χ1) is 9.42. The second-order valence-corrected chi connectivity index (χ2v) is 5.30. The molecule has 0 spiro atoms. The summed E-state index contributed by atoms with van der Waals surface area (Å²) in [5.41, 5.74) is 1.11. The standard InChI is InChI=1S/C15H20N4/c1-2-6-12(7-3-1)15-17-14(18-19-15)10-9-13-8-4-5-11-16-13/h4-5,8,11-12H,1-3,6-7,9-10H2,(H,17,18,19). The van der Waals surface area contributed by atoms with Crippen molar-refractivity contribution in [3.8, 4) is 0 Å². The third-order valence-corrected chi connectivity index (χ3v) is 3.86. The van der Waals surface area contributed by atoms with E-state index in [9.17, 15) is 0 Å². The molecule has 0 aromatic carbocycles. The summed E-state index contributed by atoms with van der Waals surface area (Å²) in [5, 5.41) is 7.48. The molecule has 0 atom stereocenters. The van der Waals surface area contributed by atoms with Crippen LogP contribution in [0.2, 0.25) is 0 Å². The third-order valence-electron chi connectivity index (χ3n) is 3.86. The smallest absolute Gasteiger partial charge is 0.153 e. The van der Waals surface area contributed by atoms with E-state index in [2.05, 4.69) is 26.2 Å². The molecule has 0 saturated heterocycles. The second kappa shape index (κ2) is 5.95. The lowest BCUT2D eigenvalue weighted by Gasteiger charge is -2.17. The number of H-pyrrole nitrogens is 1. The van der Waals surface area contributed by atoms with Crippen molar-refractivity contribution >= 4 is 0 Å². The van der Waals surface area contributed by atoms with E-state index in [1.54, 1.807) is 0 Å². The molecule has 1 N–H and O–H groups in total. The Bertz CT molecular complexity index is 500. The van der Waals surface area contributed by atoms with Crippen molar-refractivity contribution in [3.63, 3.8) is 0 Å². The number of aromatic amines is 1. The van der Waals surface area contributed by atoms with E-state index in [1.807, 2.05) is 18.3 Å². The fraction of sp³-hybridized carbons (Fsp3) is 0.533. The third kappa shape index (κ3) is 3.19. The van der Waals surface area contributed by atoms with Crippen LogP contribution in [0.1, 0.15) is 55.4 Å². The minimum absolute atomic E-state index is 0.577. The first-order valence-electron chi connectivity index (χ1n) is 7.23. The highest BCUT2D eigenvalue weighted by atomic mass is 15.2. The molecule has 0 aliphatic heterocycles. The van der Waals surface area contributed by atoms with E-state index in [1.165, 1.54) is 32.1 Å². The Morgan fingerprint density at radius 1 is 1.11 bits per heavy atom. The van der Waals surface area contributed by atoms with Gasteiger partial charge in [0.25, 0.3) is 0 Å². The second-order valence-electron chi connectivity index (χ2n) is 5.30. The Kier molecular flexibility index (Phi) is 3.86. The molecule has 4 nitrogen and oxygen atoms in total. The van der Waals surface area contributed by atoms with Gasteiger partial charge >= 0.3 is 0 Å². The van der Waals surface area contributed by atoms with E-state index in [-0.39, 0.29) is 0 Å². The largest absolute Gasteiger partial charge is 0.263 e. The molecule has 0 unspecified atom stereocenters. The summed E-state index contributed by atoms with van der Waals surface area (Å²) in [6.07, 6.45) is 10.1. The van der Waals surface area contributed by atoms with Gasteiger partial charge in [0.05, 0.1) is 0 Å². The van der Waals surface area contributed by atoms with Crippen LogP contribution in [0.15, 0.2) is 24.4 Å². The van der Waals surface area contributed by atoms with Crippen molar-refractivity contribution < 1.29 is 0 Å². The van der Waals surface area contributed by atoms with E-state index in [0.717, 1.165) is 30.2 Å². The molecule has 0 bridgehead atoms. The molecule has 0 amide bonds. The number of hydrogen-bond donors (Lipinski definition) is 1. The van der Waals surface area contributed by atoms with Gasteiger partial charge < -0.3 is 0 Å². The summed E-state index contributed by atoms with van der Waals surface area (Å²) in [5.74, 6) is 2.59. The molecule has 1 aliphatic carbocycles. The Labute approximate surface area is 113 Å². The molecule has 4 heteroatoms. The normalized spacial score (nSPS) is 16.6. The molecule has 2 heterocycles. The predicted octanol–water partition coefficient (Wildman–Crippen LogP) is 3.03. The van der Waals surface area contributed by atoms with Gasteiger partial charge in [0.15, 0.2) is 5.82 Å². The van der Waals surface area contributed by atoms with Crippen LogP contribution in [-0.2, 0) is 12.8 Å². The summed E-state index contributed by atoms with van der Waals surface area (Å²) in [4.78, 5) is 8.98. The van der Waals surface area contributed by atoms with Crippen molar-refractivity contribution in [3.05, 3.63) is 41.7 Å². The van der Waals surface area contributed by atoms with Crippen molar-refractivity contribution in [2.24, 2.45) is 0 Å². The molecular weight excluding hydrogens is 236 g/mol. The minimum atomic E-state index is 0.577. The molecule has 100 valence electrons. The number of pyridine rings is 1. The number of rotatable bonds is 4. The van der Waals surface area contributed by atoms with E-state index in [4.69, 9.17) is 0 Å². The lowest BCUT2D eigenvalue weighted by molar-refractivity contribution is 0.429. The summed E-state index contributed by atoms with van der Waals surface area (Å²) in [6, 6.07) is 6.02. The highest BCUT2D eigenvalue weighted by Crippen LogP contribution is 2.30. The maximum absolute atomic E-state index is 4.65. The topological polar surface area (TPSA) is 54.5 Å². The van der Waals surface area contributed by atoms with E-state index >= 15 is 0 Å². The van der Waals surface area contributed by atoms with Crippen LogP contribution in [0.4, 0.5) is 0 Å². The molecule has 19 heavy (non-hydrogen) atoms. The van der Waals surface area contributed by atoms with Gasteiger partial charge in [-0.1, -0.05) is 25.3 Å². The average molecular weight is 256 g/mol. The lowest BCUT2D eigenvalue weighted by atomic mass is 9.89. The zero-order chi connectivity index (χ0) is 12.9. The average Bonchev–Trinajstić information content (AvgIpc) is 2.96. The van der Waals surface area contributed by atoms with Gasteiger partial charge in [0.2, 0.25) is 0 Å². The van der Waals surface area contributed by atoms with Gasteiger partial charge in [-0.15, -0.1) is 0 Å². The lowest BCUT2D eigenvalue weighted by Crippen LogP contribution is -2.06. The number of nitrogens with one attached hydrogen (secondary N) is 1. The van der Waals surface area contributed by atoms with Crippen LogP contribution in [-0.4, -0.2) is 20.2 Å². The Balaban J connectivity index is 1.58. The van der Waals surface area contributed by atoms with Crippen LogP contribution in [0.25, 0.3) is 0 Å². The Hall–Kier alpha value is -1.71. The van der Waals surface area contributed by atoms with Crippen LogP contribution < -0.4 is 0 Å². The number of aromatic nitrogens is 4. The van der Waals surface area contributed by atoms with Crippen LogP contribution >= 0.6 is 0 Å². The van der Waals surface area contributed by atoms with Crippen molar-refractivity contribution in [1.29, 1.82) is 0 Å². The summed E-state index contributed by atoms with van der Waals surface area (Å²) >= 11 is 0. The van der Waals surface area contributed by atoms with Crippen molar-refractivity contribution in [2.45, 2.75) is 50.9 Å². The number of aryl methyl sites for hydroxylation is 2. The summed E-state index contributed by atoms with van der Waals surface area (Å²) in [7, 11) is 0. The zero-order valence-electron chi connectivity index (χ0n) is 11.2. The van der Waals surface area contributed by atoms with E-state index < -0.39 is 0 Å². The zero-order valence-corrected chi connectivity index (χ0v) is 11.2. The minimum Gasteiger partial charge on any atom is -0.263 e. The molecule has 3 rings (SSSR count). The first kappa shape index (κ1) is 12.3. The van der Waals surface area contributed by atoms with Gasteiger partial charge in [0.1, 0.15) is 5.82 Å². The number of nitrogens with zero attached hydrogens (tertiary/aromatic N) is 3. The highest BCUT2D eigenvalue weighted by Gasteiger charge is 2.19. The quantitative estimate of drug-likeness (QED) is 0.914. The highest BCUT2D eigenvalue weighted by molar-refractivity contribution is 5.06. The van der Waals surface area contributed by atoms with Gasteiger partial charge in [-0.3, -0.25) is 10.1 Å². The Morgan fingerprint density at radius 3 is 2.79 bits per heavy atom. The number of hydrogen-bond acceptors (Lipinski definition) is 3. The van der Waals surface area contributed by atoms with Crippen molar-refractivity contribution in [2.75, 3.05) is 0 Å². The van der Waals surface area contributed by atoms with Gasteiger partial charge in [-0.25, -0.2) is 4.98 Å². The predicted molar refractivity (Wildman–Crippen MR) is 73.9 cm³/mol. The maximum Gasteiger partial charge on any atom is 0.153 e. The Morgan fingerprint density at radius 2 is 2.00 bits per heavy atom. The first-order valence-corrected chi connectivity index (χ1v) is 7.23. The maximum atomic E-state index is 4.65. The van der Waals surface area contributed by atoms with Gasteiger partial charge in [-0.2, -0.15) is 5.10 Å². The van der Waals surface area contributed by atoms with Crippen LogP contribution in [0.5, 0.6) is 0 Å². The molecule has 1 aliphatic rings. The van der Waals surface area contributed by atoms with Crippen molar-refractivity contribution in [1.82, 2.24) is 20.2 Å². The monoisotopic (exact) mass is 256 g/mol. The summed E-state index contributed by atoms with van der Waals surface area (Å²) in [6.45, 7) is 0. The molecule has 2 aromatic heterocycles. The fourth-order valence-corrected chi connectivity index (χ4v) is 2.76. The van der Waals surface area contributed by atoms with Crippen LogP contribution in [0, 0.1) is 0 Å². The molecular formula is C15H20N4. The molecule has 1 fully saturated rings. The van der Waals surface area contributed by atoms with Gasteiger partial charge in [-0.05, 0) is 31.4 Å². The van der Waals surface area contributed by atoms with Crippen LogP contribution in [0.3, 0.4) is 0 Å². The van der Waals surface area contributed by atoms with E-state index in [0.29, 0.717) is 5.92 Å². The molecule has 2 aromatic rings. The molecule has 1 saturated carbocycles.